The number of fused-ring (bicyclic) bond motifs is 5. The lowest BCUT2D eigenvalue weighted by molar-refractivity contribution is -0.643. The van der Waals surface area contributed by atoms with Crippen molar-refractivity contribution in [2.75, 3.05) is 0 Å². The molecule has 0 fully saturated rings. The number of aromatic nitrogens is 2. The molecule has 6 rings (SSSR count). The van der Waals surface area contributed by atoms with Crippen LogP contribution in [-0.4, -0.2) is 4.40 Å². The zero-order valence-electron chi connectivity index (χ0n) is 21.6. The van der Waals surface area contributed by atoms with Gasteiger partial charge in [-0.15, -0.1) is 0 Å². The summed E-state index contributed by atoms with van der Waals surface area (Å²) in [6.45, 7) is 13.9. The lowest BCUT2D eigenvalue weighted by atomic mass is 9.88. The van der Waals surface area contributed by atoms with Crippen molar-refractivity contribution in [2.24, 2.45) is 18.4 Å². The second-order valence-electron chi connectivity index (χ2n) is 12.0. The van der Waals surface area contributed by atoms with Crippen LogP contribution in [0.3, 0.4) is 0 Å². The maximum absolute atomic E-state index is 2.58. The van der Waals surface area contributed by atoms with Gasteiger partial charge in [-0.1, -0.05) is 65.0 Å². The summed E-state index contributed by atoms with van der Waals surface area (Å²) in [5.41, 5.74) is 9.82. The summed E-state index contributed by atoms with van der Waals surface area (Å²) in [6, 6.07) is 19.0. The molecule has 0 amide bonds. The van der Waals surface area contributed by atoms with Gasteiger partial charge in [0.25, 0.3) is 0 Å². The minimum atomic E-state index is 0.258. The standard InChI is InChI=1S/C32H35N2/c1-19(2)14-22-15-23-12-13-33(7)31-28-20(3)8-10-25-24-11-9-21(18-32(4,5)6)16-26(24)34(30(25)28)27(17-22)29(23)31/h8-13,15-17,19H,14,18H2,1-7H3/q+1. The van der Waals surface area contributed by atoms with Gasteiger partial charge in [0.2, 0.25) is 5.52 Å². The van der Waals surface area contributed by atoms with Crippen molar-refractivity contribution in [3.8, 4) is 0 Å². The molecular weight excluding hydrogens is 412 g/mol. The number of hydrogen-bond acceptors (Lipinski definition) is 0. The molecule has 0 radical (unpaired) electrons. The number of benzene rings is 3. The molecule has 3 aromatic carbocycles. The first kappa shape index (κ1) is 21.4. The molecule has 0 aliphatic carbocycles. The van der Waals surface area contributed by atoms with Crippen molar-refractivity contribution in [3.05, 3.63) is 71.4 Å². The monoisotopic (exact) mass is 447 g/mol. The molecule has 0 saturated heterocycles. The zero-order valence-corrected chi connectivity index (χ0v) is 21.6. The average Bonchev–Trinajstić information content (AvgIpc) is 3.06. The molecular formula is C32H35N2+. The van der Waals surface area contributed by atoms with Crippen molar-refractivity contribution in [2.45, 2.75) is 54.4 Å². The van der Waals surface area contributed by atoms with E-state index in [-0.39, 0.29) is 5.41 Å². The Morgan fingerprint density at radius 3 is 2.32 bits per heavy atom. The third-order valence-electron chi connectivity index (χ3n) is 7.33. The van der Waals surface area contributed by atoms with Crippen LogP contribution in [0.5, 0.6) is 0 Å². The lowest BCUT2D eigenvalue weighted by Crippen LogP contribution is -2.29. The largest absolute Gasteiger partial charge is 0.307 e. The molecule has 0 saturated carbocycles. The van der Waals surface area contributed by atoms with E-state index in [1.54, 1.807) is 0 Å². The topological polar surface area (TPSA) is 8.29 Å². The molecule has 0 aliphatic rings. The van der Waals surface area contributed by atoms with Crippen LogP contribution in [0, 0.1) is 18.3 Å². The van der Waals surface area contributed by atoms with Crippen molar-refractivity contribution in [3.63, 3.8) is 0 Å². The molecule has 0 unspecified atom stereocenters. The van der Waals surface area contributed by atoms with Crippen LogP contribution >= 0.6 is 0 Å². The molecule has 2 heteroatoms. The van der Waals surface area contributed by atoms with Crippen LogP contribution in [-0.2, 0) is 19.9 Å². The van der Waals surface area contributed by atoms with Gasteiger partial charge in [-0.2, -0.15) is 0 Å². The van der Waals surface area contributed by atoms with E-state index in [2.05, 4.69) is 112 Å². The summed E-state index contributed by atoms with van der Waals surface area (Å²) in [5, 5.41) is 6.81. The number of nitrogens with zero attached hydrogens (tertiary/aromatic N) is 2. The summed E-state index contributed by atoms with van der Waals surface area (Å²) >= 11 is 0. The first-order valence-electron chi connectivity index (χ1n) is 12.6. The molecule has 6 aromatic rings. The highest BCUT2D eigenvalue weighted by Gasteiger charge is 2.24. The Labute approximate surface area is 202 Å². The van der Waals surface area contributed by atoms with Gasteiger partial charge < -0.3 is 4.40 Å². The fourth-order valence-electron chi connectivity index (χ4n) is 6.13. The third-order valence-corrected chi connectivity index (χ3v) is 7.33. The van der Waals surface area contributed by atoms with E-state index in [0.29, 0.717) is 5.92 Å². The summed E-state index contributed by atoms with van der Waals surface area (Å²) in [6.07, 6.45) is 4.40. The SMILES string of the molecule is Cc1ccc2c3ccc(CC(C)(C)C)cc3n3c4cc(CC(C)C)cc5cc[n+](C)c(c1c23)c54. The fraction of sp³-hybridized carbons (Fsp3) is 0.344. The summed E-state index contributed by atoms with van der Waals surface area (Å²) in [4.78, 5) is 0. The van der Waals surface area contributed by atoms with E-state index in [1.165, 1.54) is 65.7 Å². The second kappa shape index (κ2) is 7.18. The molecule has 0 aliphatic heterocycles. The highest BCUT2D eigenvalue weighted by Crippen LogP contribution is 2.41. The molecule has 34 heavy (non-hydrogen) atoms. The van der Waals surface area contributed by atoms with Crippen LogP contribution in [0.15, 0.2) is 54.7 Å². The Bertz CT molecular complexity index is 1720. The predicted molar refractivity (Wildman–Crippen MR) is 146 cm³/mol. The summed E-state index contributed by atoms with van der Waals surface area (Å²) in [5.74, 6) is 0.627. The number of hydrogen-bond donors (Lipinski definition) is 0. The smallest absolute Gasteiger partial charge is 0.224 e. The predicted octanol–water partition coefficient (Wildman–Crippen LogP) is 7.91. The highest BCUT2D eigenvalue weighted by atomic mass is 15.0. The van der Waals surface area contributed by atoms with Crippen LogP contribution in [0.1, 0.15) is 51.3 Å². The third kappa shape index (κ3) is 3.11. The van der Waals surface area contributed by atoms with Gasteiger partial charge in [0.05, 0.1) is 27.3 Å². The first-order chi connectivity index (χ1) is 16.1. The van der Waals surface area contributed by atoms with E-state index >= 15 is 0 Å². The normalized spacial score (nSPS) is 13.1. The Hall–Kier alpha value is -3.13. The minimum absolute atomic E-state index is 0.258. The molecule has 0 N–H and O–H groups in total. The Kier molecular flexibility index (Phi) is 4.52. The van der Waals surface area contributed by atoms with Gasteiger partial charge in [-0.25, -0.2) is 4.57 Å². The fourth-order valence-corrected chi connectivity index (χ4v) is 6.13. The molecule has 0 bridgehead atoms. The van der Waals surface area contributed by atoms with Gasteiger partial charge >= 0.3 is 0 Å². The Morgan fingerprint density at radius 2 is 1.59 bits per heavy atom. The van der Waals surface area contributed by atoms with E-state index in [9.17, 15) is 0 Å². The second-order valence-corrected chi connectivity index (χ2v) is 12.0. The molecule has 172 valence electrons. The van der Waals surface area contributed by atoms with Crippen molar-refractivity contribution < 1.29 is 4.57 Å². The number of rotatable bonds is 3. The molecule has 0 spiro atoms. The average molecular weight is 448 g/mol. The van der Waals surface area contributed by atoms with Crippen LogP contribution in [0.25, 0.3) is 49.0 Å². The maximum Gasteiger partial charge on any atom is 0.224 e. The maximum atomic E-state index is 2.58. The van der Waals surface area contributed by atoms with E-state index in [4.69, 9.17) is 0 Å². The van der Waals surface area contributed by atoms with E-state index in [0.717, 1.165) is 12.8 Å². The van der Waals surface area contributed by atoms with Gasteiger partial charge in [0.15, 0.2) is 6.20 Å². The van der Waals surface area contributed by atoms with Gasteiger partial charge in [-0.05, 0) is 65.3 Å². The quantitative estimate of drug-likeness (QED) is 0.148. The summed E-state index contributed by atoms with van der Waals surface area (Å²) in [7, 11) is 2.19. The summed E-state index contributed by atoms with van der Waals surface area (Å²) < 4.78 is 4.90. The molecule has 2 nitrogen and oxygen atoms in total. The van der Waals surface area contributed by atoms with Crippen LogP contribution in [0.2, 0.25) is 0 Å². The van der Waals surface area contributed by atoms with Gasteiger partial charge in [-0.3, -0.25) is 0 Å². The van der Waals surface area contributed by atoms with E-state index in [1.807, 2.05) is 0 Å². The number of aryl methyl sites for hydroxylation is 2. The lowest BCUT2D eigenvalue weighted by Gasteiger charge is -2.18. The Morgan fingerprint density at radius 1 is 0.853 bits per heavy atom. The van der Waals surface area contributed by atoms with E-state index < -0.39 is 0 Å². The Balaban J connectivity index is 1.88. The molecule has 0 atom stereocenters. The van der Waals surface area contributed by atoms with Crippen LogP contribution < -0.4 is 4.57 Å². The first-order valence-corrected chi connectivity index (χ1v) is 12.6. The minimum Gasteiger partial charge on any atom is -0.307 e. The molecule has 3 heterocycles. The number of pyridine rings is 2. The highest BCUT2D eigenvalue weighted by molar-refractivity contribution is 6.25. The van der Waals surface area contributed by atoms with Crippen molar-refractivity contribution in [1.82, 2.24) is 4.40 Å². The van der Waals surface area contributed by atoms with Gasteiger partial charge in [0, 0.05) is 16.8 Å². The zero-order chi connectivity index (χ0) is 23.9. The van der Waals surface area contributed by atoms with Crippen molar-refractivity contribution >= 4 is 49.0 Å². The molecule has 3 aromatic heterocycles. The van der Waals surface area contributed by atoms with Gasteiger partial charge in [0.1, 0.15) is 7.05 Å². The van der Waals surface area contributed by atoms with Crippen LogP contribution in [0.4, 0.5) is 0 Å². The van der Waals surface area contributed by atoms with Crippen molar-refractivity contribution in [1.29, 1.82) is 0 Å².